The summed E-state index contributed by atoms with van der Waals surface area (Å²) < 4.78 is 17.8. The Bertz CT molecular complexity index is 1070. The van der Waals surface area contributed by atoms with Crippen molar-refractivity contribution in [2.24, 2.45) is 0 Å². The molecular formula is C29H40N4O3S2. The number of hydrogen-bond donors (Lipinski definition) is 0. The van der Waals surface area contributed by atoms with Crippen LogP contribution in [0.2, 0.25) is 0 Å². The van der Waals surface area contributed by atoms with E-state index in [0.29, 0.717) is 19.1 Å². The van der Waals surface area contributed by atoms with Gasteiger partial charge in [0.25, 0.3) is 0 Å². The smallest absolute Gasteiger partial charge is 0.222 e. The van der Waals surface area contributed by atoms with Crippen molar-refractivity contribution in [2.75, 3.05) is 50.8 Å². The molecule has 206 valence electrons. The summed E-state index contributed by atoms with van der Waals surface area (Å²) in [6, 6.07) is 9.13. The molecule has 1 saturated carbocycles. The Morgan fingerprint density at radius 1 is 1.05 bits per heavy atom. The number of aromatic nitrogens is 1. The Morgan fingerprint density at radius 2 is 1.82 bits per heavy atom. The van der Waals surface area contributed by atoms with E-state index in [1.165, 1.54) is 37.2 Å². The summed E-state index contributed by atoms with van der Waals surface area (Å²) in [4.78, 5) is 26.0. The van der Waals surface area contributed by atoms with E-state index in [1.807, 2.05) is 4.90 Å². The van der Waals surface area contributed by atoms with Crippen LogP contribution in [0.3, 0.4) is 0 Å². The number of rotatable bonds is 8. The van der Waals surface area contributed by atoms with Gasteiger partial charge < -0.3 is 19.1 Å². The molecule has 38 heavy (non-hydrogen) atoms. The van der Waals surface area contributed by atoms with Gasteiger partial charge in [0.05, 0.1) is 12.2 Å². The second-order valence-electron chi connectivity index (χ2n) is 11.2. The minimum atomic E-state index is -0.646. The molecule has 1 aromatic heterocycles. The lowest BCUT2D eigenvalue weighted by Crippen LogP contribution is -2.50. The van der Waals surface area contributed by atoms with Crippen LogP contribution >= 0.6 is 11.3 Å². The van der Waals surface area contributed by atoms with E-state index < -0.39 is 11.2 Å². The fourth-order valence-electron chi connectivity index (χ4n) is 6.13. The minimum Gasteiger partial charge on any atom is -0.616 e. The zero-order chi connectivity index (χ0) is 25.9. The maximum atomic E-state index is 12.9. The largest absolute Gasteiger partial charge is 0.616 e. The number of thiazole rings is 1. The van der Waals surface area contributed by atoms with E-state index >= 15 is 0 Å². The topological polar surface area (TPSA) is 72.0 Å². The highest BCUT2D eigenvalue weighted by atomic mass is 32.2. The molecule has 6 rings (SSSR count). The van der Waals surface area contributed by atoms with E-state index in [-0.39, 0.29) is 5.91 Å². The molecule has 4 aliphatic rings. The first-order valence-electron chi connectivity index (χ1n) is 14.5. The molecule has 1 aliphatic carbocycles. The van der Waals surface area contributed by atoms with Gasteiger partial charge in [-0.05, 0) is 63.2 Å². The first kappa shape index (κ1) is 26.6. The lowest BCUT2D eigenvalue weighted by atomic mass is 9.86. The third-order valence-corrected chi connectivity index (χ3v) is 11.0. The fourth-order valence-corrected chi connectivity index (χ4v) is 8.38. The number of benzene rings is 1. The quantitative estimate of drug-likeness (QED) is 0.459. The standard InChI is InChI=1S/C29H40N4O3S2/c34-28(5-4-11-31-15-17-38(35)18-16-31)33-14-10-26-27(21-33)37-29(30-26)22-6-8-24(9-7-22)36-25-19-23(20-25)32-12-2-1-3-13-32/h6-9,23,25H,1-5,10-21H2/t23-,25-. The number of hydrogen-bond acceptors (Lipinski definition) is 7. The van der Waals surface area contributed by atoms with Crippen molar-refractivity contribution in [3.63, 3.8) is 0 Å². The molecule has 0 bridgehead atoms. The summed E-state index contributed by atoms with van der Waals surface area (Å²) in [5.41, 5.74) is 2.27. The summed E-state index contributed by atoms with van der Waals surface area (Å²) in [7, 11) is 0. The first-order valence-corrected chi connectivity index (χ1v) is 16.8. The lowest BCUT2D eigenvalue weighted by Gasteiger charge is -2.44. The molecule has 9 heteroatoms. The van der Waals surface area contributed by atoms with Gasteiger partial charge in [0.2, 0.25) is 5.91 Å². The van der Waals surface area contributed by atoms with Crippen LogP contribution in [0.25, 0.3) is 10.6 Å². The van der Waals surface area contributed by atoms with Gasteiger partial charge in [-0.1, -0.05) is 17.6 Å². The predicted octanol–water partition coefficient (Wildman–Crippen LogP) is 3.94. The van der Waals surface area contributed by atoms with Crippen LogP contribution in [-0.2, 0) is 28.9 Å². The molecule has 3 fully saturated rings. The molecule has 0 N–H and O–H groups in total. The van der Waals surface area contributed by atoms with Crippen molar-refractivity contribution < 1.29 is 14.1 Å². The molecule has 4 heterocycles. The van der Waals surface area contributed by atoms with E-state index in [0.717, 1.165) is 91.4 Å². The average Bonchev–Trinajstić information content (AvgIpc) is 3.36. The molecule has 1 aromatic carbocycles. The van der Waals surface area contributed by atoms with Crippen molar-refractivity contribution >= 4 is 28.4 Å². The number of carbonyl (C=O) groups is 1. The summed E-state index contributed by atoms with van der Waals surface area (Å²) in [5, 5.41) is 1.03. The second kappa shape index (κ2) is 12.3. The highest BCUT2D eigenvalue weighted by molar-refractivity contribution is 7.91. The van der Waals surface area contributed by atoms with Gasteiger partial charge in [-0.15, -0.1) is 11.3 Å². The van der Waals surface area contributed by atoms with E-state index in [9.17, 15) is 9.35 Å². The predicted molar refractivity (Wildman–Crippen MR) is 153 cm³/mol. The Morgan fingerprint density at radius 3 is 2.58 bits per heavy atom. The van der Waals surface area contributed by atoms with Crippen LogP contribution in [0.1, 0.15) is 55.5 Å². The molecule has 2 aromatic rings. The van der Waals surface area contributed by atoms with Crippen LogP contribution < -0.4 is 4.74 Å². The third-order valence-electron chi connectivity index (χ3n) is 8.60. The molecule has 0 radical (unpaired) electrons. The fraction of sp³-hybridized carbons (Fsp3) is 0.655. The van der Waals surface area contributed by atoms with Crippen LogP contribution in [-0.4, -0.2) is 93.1 Å². The molecular weight excluding hydrogens is 516 g/mol. The number of carbonyl (C=O) groups excluding carboxylic acids is 1. The van der Waals surface area contributed by atoms with Crippen molar-refractivity contribution in [3.8, 4) is 16.3 Å². The number of fused-ring (bicyclic) bond motifs is 1. The van der Waals surface area contributed by atoms with Gasteiger partial charge >= 0.3 is 0 Å². The van der Waals surface area contributed by atoms with Gasteiger partial charge in [0, 0.05) is 61.8 Å². The minimum absolute atomic E-state index is 0.242. The normalized spacial score (nSPS) is 25.1. The van der Waals surface area contributed by atoms with Crippen molar-refractivity contribution in [3.05, 3.63) is 34.8 Å². The van der Waals surface area contributed by atoms with Crippen LogP contribution in [0.5, 0.6) is 5.75 Å². The molecule has 2 saturated heterocycles. The monoisotopic (exact) mass is 556 g/mol. The van der Waals surface area contributed by atoms with Gasteiger partial charge in [-0.25, -0.2) is 4.98 Å². The zero-order valence-electron chi connectivity index (χ0n) is 22.3. The highest BCUT2D eigenvalue weighted by Crippen LogP contribution is 2.35. The summed E-state index contributed by atoms with van der Waals surface area (Å²) in [6.45, 7) is 6.67. The molecule has 7 nitrogen and oxygen atoms in total. The van der Waals surface area contributed by atoms with E-state index in [2.05, 4.69) is 34.1 Å². The van der Waals surface area contributed by atoms with Gasteiger partial charge in [-0.2, -0.15) is 0 Å². The summed E-state index contributed by atoms with van der Waals surface area (Å²) in [6.07, 6.45) is 9.01. The average molecular weight is 557 g/mol. The van der Waals surface area contributed by atoms with E-state index in [1.54, 1.807) is 11.3 Å². The van der Waals surface area contributed by atoms with Gasteiger partial charge in [0.1, 0.15) is 28.4 Å². The SMILES string of the molecule is O=C(CCCN1CC[S+]([O-])CC1)N1CCc2nc(-c3ccc(O[C@H]4C[C@H](N5CCCCC5)C4)cc3)sc2C1. The van der Waals surface area contributed by atoms with Gasteiger partial charge in [0.15, 0.2) is 0 Å². The molecule has 3 aliphatic heterocycles. The Kier molecular flexibility index (Phi) is 8.56. The zero-order valence-corrected chi connectivity index (χ0v) is 23.9. The molecule has 0 unspecified atom stereocenters. The Labute approximate surface area is 233 Å². The Balaban J connectivity index is 0.965. The van der Waals surface area contributed by atoms with Gasteiger partial charge in [-0.3, -0.25) is 9.69 Å². The third kappa shape index (κ3) is 6.39. The number of ether oxygens (including phenoxy) is 1. The van der Waals surface area contributed by atoms with Crippen molar-refractivity contribution in [1.29, 1.82) is 0 Å². The van der Waals surface area contributed by atoms with Crippen molar-refractivity contribution in [2.45, 2.75) is 70.1 Å². The maximum Gasteiger partial charge on any atom is 0.222 e. The number of nitrogens with zero attached hydrogens (tertiary/aromatic N) is 4. The van der Waals surface area contributed by atoms with E-state index in [4.69, 9.17) is 9.72 Å². The lowest BCUT2D eigenvalue weighted by molar-refractivity contribution is -0.132. The second-order valence-corrected chi connectivity index (χ2v) is 14.0. The summed E-state index contributed by atoms with van der Waals surface area (Å²) in [5.74, 6) is 2.73. The molecule has 0 atom stereocenters. The number of piperidine rings is 1. The Hall–Kier alpha value is -1.65. The molecule has 0 spiro atoms. The van der Waals surface area contributed by atoms with Crippen molar-refractivity contribution in [1.82, 2.24) is 19.7 Å². The highest BCUT2D eigenvalue weighted by Gasteiger charge is 2.35. The maximum absolute atomic E-state index is 12.9. The molecule has 1 amide bonds. The first-order chi connectivity index (χ1) is 18.6. The summed E-state index contributed by atoms with van der Waals surface area (Å²) >= 11 is 1.07. The number of likely N-dealkylation sites (tertiary alicyclic amines) is 1. The van der Waals surface area contributed by atoms with Crippen LogP contribution in [0.4, 0.5) is 0 Å². The number of amides is 1. The van der Waals surface area contributed by atoms with Crippen LogP contribution in [0, 0.1) is 0 Å². The van der Waals surface area contributed by atoms with Crippen LogP contribution in [0.15, 0.2) is 24.3 Å².